The molecule has 21 heavy (non-hydrogen) atoms. The summed E-state index contributed by atoms with van der Waals surface area (Å²) in [5, 5.41) is 9.05. The molecule has 0 atom stereocenters. The molecule has 0 bridgehead atoms. The maximum atomic E-state index is 9.05. The van der Waals surface area contributed by atoms with E-state index >= 15 is 0 Å². The van der Waals surface area contributed by atoms with Gasteiger partial charge in [0.25, 0.3) is 0 Å². The first-order chi connectivity index (χ1) is 10.2. The number of benzene rings is 2. The normalized spacial score (nSPS) is 11.0. The van der Waals surface area contributed by atoms with Gasteiger partial charge in [0.05, 0.1) is 22.7 Å². The summed E-state index contributed by atoms with van der Waals surface area (Å²) in [5.41, 5.74) is 3.72. The number of fused-ring (bicyclic) bond motifs is 1. The fourth-order valence-corrected chi connectivity index (χ4v) is 2.56. The molecule has 0 saturated carbocycles. The number of hydrogen-bond acceptors (Lipinski definition) is 2. The molecule has 3 aromatic rings. The lowest BCUT2D eigenvalue weighted by atomic mass is 10.2. The van der Waals surface area contributed by atoms with E-state index in [1.54, 1.807) is 0 Å². The summed E-state index contributed by atoms with van der Waals surface area (Å²) >= 11 is 0. The Balaban J connectivity index is 2.25. The van der Waals surface area contributed by atoms with E-state index < -0.39 is 0 Å². The predicted molar refractivity (Wildman–Crippen MR) is 84.7 cm³/mol. The Kier molecular flexibility index (Phi) is 3.45. The van der Waals surface area contributed by atoms with Crippen molar-refractivity contribution < 1.29 is 0 Å². The topological polar surface area (TPSA) is 41.6 Å². The lowest BCUT2D eigenvalue weighted by Crippen LogP contribution is -2.06. The van der Waals surface area contributed by atoms with Crippen molar-refractivity contribution >= 4 is 11.0 Å². The lowest BCUT2D eigenvalue weighted by molar-refractivity contribution is 0.536. The van der Waals surface area contributed by atoms with E-state index in [0.717, 1.165) is 29.0 Å². The predicted octanol–water partition coefficient (Wildman–Crippen LogP) is 4.23. The summed E-state index contributed by atoms with van der Waals surface area (Å²) in [4.78, 5) is 4.76. The van der Waals surface area contributed by atoms with E-state index in [9.17, 15) is 0 Å². The molecule has 0 aliphatic rings. The van der Waals surface area contributed by atoms with E-state index in [1.807, 2.05) is 36.4 Å². The van der Waals surface area contributed by atoms with Crippen LogP contribution in [0.2, 0.25) is 0 Å². The van der Waals surface area contributed by atoms with Crippen molar-refractivity contribution in [2.24, 2.45) is 5.92 Å². The zero-order valence-electron chi connectivity index (χ0n) is 12.2. The second-order valence-electron chi connectivity index (χ2n) is 5.62. The van der Waals surface area contributed by atoms with E-state index in [-0.39, 0.29) is 0 Å². The number of nitriles is 1. The van der Waals surface area contributed by atoms with Crippen molar-refractivity contribution in [2.45, 2.75) is 20.4 Å². The highest BCUT2D eigenvalue weighted by molar-refractivity contribution is 5.82. The molecule has 0 spiro atoms. The Labute approximate surface area is 124 Å². The molecule has 0 N–H and O–H groups in total. The number of aromatic nitrogens is 2. The van der Waals surface area contributed by atoms with Crippen LogP contribution in [0.25, 0.3) is 22.4 Å². The van der Waals surface area contributed by atoms with Crippen LogP contribution >= 0.6 is 0 Å². The van der Waals surface area contributed by atoms with Crippen LogP contribution in [0.15, 0.2) is 48.5 Å². The molecule has 3 nitrogen and oxygen atoms in total. The van der Waals surface area contributed by atoms with Crippen LogP contribution < -0.4 is 0 Å². The van der Waals surface area contributed by atoms with Gasteiger partial charge in [-0.15, -0.1) is 0 Å². The molecule has 0 aliphatic carbocycles. The first-order valence-corrected chi connectivity index (χ1v) is 7.15. The summed E-state index contributed by atoms with van der Waals surface area (Å²) < 4.78 is 2.25. The van der Waals surface area contributed by atoms with Crippen molar-refractivity contribution in [3.05, 3.63) is 54.1 Å². The SMILES string of the molecule is CC(C)Cn1c(-c2ccccc2)nc2cc(C#N)ccc21. The average molecular weight is 275 g/mol. The van der Waals surface area contributed by atoms with Crippen molar-refractivity contribution in [2.75, 3.05) is 0 Å². The maximum Gasteiger partial charge on any atom is 0.141 e. The van der Waals surface area contributed by atoms with Gasteiger partial charge >= 0.3 is 0 Å². The van der Waals surface area contributed by atoms with Gasteiger partial charge < -0.3 is 4.57 Å². The largest absolute Gasteiger partial charge is 0.324 e. The molecule has 0 radical (unpaired) electrons. The van der Waals surface area contributed by atoms with E-state index in [1.165, 1.54) is 0 Å². The third-order valence-electron chi connectivity index (χ3n) is 3.46. The van der Waals surface area contributed by atoms with Crippen LogP contribution in [0.1, 0.15) is 19.4 Å². The molecule has 0 unspecified atom stereocenters. The molecule has 0 fully saturated rings. The van der Waals surface area contributed by atoms with Gasteiger partial charge in [-0.2, -0.15) is 5.26 Å². The summed E-state index contributed by atoms with van der Waals surface area (Å²) in [6.07, 6.45) is 0. The van der Waals surface area contributed by atoms with Crippen molar-refractivity contribution in [1.29, 1.82) is 5.26 Å². The standard InChI is InChI=1S/C18H17N3/c1-13(2)12-21-17-9-8-14(11-19)10-16(17)20-18(21)15-6-4-3-5-7-15/h3-10,13H,12H2,1-2H3. The molecule has 0 amide bonds. The van der Waals surface area contributed by atoms with Gasteiger partial charge in [0.15, 0.2) is 0 Å². The smallest absolute Gasteiger partial charge is 0.141 e. The Morgan fingerprint density at radius 2 is 1.90 bits per heavy atom. The number of rotatable bonds is 3. The number of nitrogens with zero attached hydrogens (tertiary/aromatic N) is 3. The summed E-state index contributed by atoms with van der Waals surface area (Å²) in [6.45, 7) is 5.31. The monoisotopic (exact) mass is 275 g/mol. The van der Waals surface area contributed by atoms with Gasteiger partial charge in [0.1, 0.15) is 5.82 Å². The summed E-state index contributed by atoms with van der Waals surface area (Å²) in [7, 11) is 0. The summed E-state index contributed by atoms with van der Waals surface area (Å²) in [5.74, 6) is 1.50. The van der Waals surface area contributed by atoms with Crippen LogP contribution in [0.4, 0.5) is 0 Å². The Morgan fingerprint density at radius 3 is 2.57 bits per heavy atom. The van der Waals surface area contributed by atoms with Gasteiger partial charge in [-0.3, -0.25) is 0 Å². The highest BCUT2D eigenvalue weighted by Gasteiger charge is 2.13. The minimum atomic E-state index is 0.528. The lowest BCUT2D eigenvalue weighted by Gasteiger charge is -2.11. The second kappa shape index (κ2) is 5.41. The van der Waals surface area contributed by atoms with Crippen LogP contribution in [0.5, 0.6) is 0 Å². The van der Waals surface area contributed by atoms with Crippen molar-refractivity contribution in [3.8, 4) is 17.5 Å². The Morgan fingerprint density at radius 1 is 1.14 bits per heavy atom. The van der Waals surface area contributed by atoms with E-state index in [2.05, 4.69) is 36.6 Å². The third kappa shape index (κ3) is 2.53. The quantitative estimate of drug-likeness (QED) is 0.717. The van der Waals surface area contributed by atoms with Crippen LogP contribution in [-0.4, -0.2) is 9.55 Å². The minimum Gasteiger partial charge on any atom is -0.324 e. The maximum absolute atomic E-state index is 9.05. The van der Waals surface area contributed by atoms with Crippen molar-refractivity contribution in [1.82, 2.24) is 9.55 Å². The average Bonchev–Trinajstić information content (AvgIpc) is 2.85. The Hall–Kier alpha value is -2.60. The fraction of sp³-hybridized carbons (Fsp3) is 0.222. The first kappa shape index (κ1) is 13.4. The molecule has 0 saturated heterocycles. The van der Waals surface area contributed by atoms with Gasteiger partial charge in [0.2, 0.25) is 0 Å². The molecule has 0 aliphatic heterocycles. The Bertz CT molecular complexity index is 808. The molecule has 104 valence electrons. The minimum absolute atomic E-state index is 0.528. The van der Waals surface area contributed by atoms with E-state index in [4.69, 9.17) is 10.2 Å². The highest BCUT2D eigenvalue weighted by Crippen LogP contribution is 2.26. The number of imidazole rings is 1. The van der Waals surface area contributed by atoms with Crippen LogP contribution in [-0.2, 0) is 6.54 Å². The zero-order chi connectivity index (χ0) is 14.8. The van der Waals surface area contributed by atoms with E-state index in [0.29, 0.717) is 11.5 Å². The van der Waals surface area contributed by atoms with Gasteiger partial charge in [-0.05, 0) is 24.1 Å². The molecule has 3 heteroatoms. The molecular weight excluding hydrogens is 258 g/mol. The van der Waals surface area contributed by atoms with Crippen LogP contribution in [0.3, 0.4) is 0 Å². The highest BCUT2D eigenvalue weighted by atomic mass is 15.1. The van der Waals surface area contributed by atoms with Gasteiger partial charge in [0, 0.05) is 12.1 Å². The molecule has 1 aromatic heterocycles. The fourth-order valence-electron chi connectivity index (χ4n) is 2.56. The summed E-state index contributed by atoms with van der Waals surface area (Å²) in [6, 6.07) is 18.1. The molecular formula is C18H17N3. The molecule has 1 heterocycles. The second-order valence-corrected chi connectivity index (χ2v) is 5.62. The molecule has 3 rings (SSSR count). The van der Waals surface area contributed by atoms with Crippen molar-refractivity contribution in [3.63, 3.8) is 0 Å². The first-order valence-electron chi connectivity index (χ1n) is 7.15. The van der Waals surface area contributed by atoms with Crippen LogP contribution in [0, 0.1) is 17.2 Å². The van der Waals surface area contributed by atoms with Gasteiger partial charge in [-0.25, -0.2) is 4.98 Å². The third-order valence-corrected chi connectivity index (χ3v) is 3.46. The zero-order valence-corrected chi connectivity index (χ0v) is 12.2. The number of hydrogen-bond donors (Lipinski definition) is 0. The van der Waals surface area contributed by atoms with Gasteiger partial charge in [-0.1, -0.05) is 44.2 Å². The molecule has 2 aromatic carbocycles.